The zero-order chi connectivity index (χ0) is 12.0. The van der Waals surface area contributed by atoms with Crippen molar-refractivity contribution in [3.8, 4) is 0 Å². The fraction of sp³-hybridized carbons (Fsp3) is 0.692. The zero-order valence-electron chi connectivity index (χ0n) is 10.9. The summed E-state index contributed by atoms with van der Waals surface area (Å²) in [5.41, 5.74) is 1.27. The molecule has 0 aliphatic carbocycles. The fourth-order valence-electron chi connectivity index (χ4n) is 1.68. The molecule has 0 unspecified atom stereocenters. The second-order valence-corrected chi connectivity index (χ2v) is 4.64. The van der Waals surface area contributed by atoms with Crippen LogP contribution >= 0.6 is 0 Å². The van der Waals surface area contributed by atoms with Gasteiger partial charge < -0.3 is 9.73 Å². The van der Waals surface area contributed by atoms with E-state index in [0.29, 0.717) is 6.04 Å². The predicted molar refractivity (Wildman–Crippen MR) is 67.3 cm³/mol. The second-order valence-electron chi connectivity index (χ2n) is 4.64. The Bertz CT molecular complexity index is 294. The average Bonchev–Trinajstić information content (AvgIpc) is 2.62. The van der Waals surface area contributed by atoms with Crippen LogP contribution in [0.2, 0.25) is 0 Å². The van der Waals surface area contributed by atoms with Crippen molar-refractivity contribution in [2.24, 2.45) is 0 Å². The minimum Gasteiger partial charge on any atom is -0.468 e. The van der Waals surface area contributed by atoms with Gasteiger partial charge in [0.15, 0.2) is 0 Å². The Hall–Kier alpha value is -0.800. The Morgan fingerprint density at radius 2 is 2.19 bits per heavy atom. The Kier molecular flexibility index (Phi) is 5.56. The maximum absolute atomic E-state index is 5.53. The Balaban J connectivity index is 2.49. The van der Waals surface area contributed by atoms with E-state index in [9.17, 15) is 0 Å². The predicted octanol–water partition coefficient (Wildman–Crippen LogP) is 2.62. The lowest BCUT2D eigenvalue weighted by Gasteiger charge is -2.15. The summed E-state index contributed by atoms with van der Waals surface area (Å²) in [7, 11) is 2.13. The highest BCUT2D eigenvalue weighted by molar-refractivity contribution is 5.16. The van der Waals surface area contributed by atoms with E-state index >= 15 is 0 Å². The molecule has 0 bridgehead atoms. The summed E-state index contributed by atoms with van der Waals surface area (Å²) in [6.07, 6.45) is 2.96. The third-order valence-corrected chi connectivity index (χ3v) is 2.56. The lowest BCUT2D eigenvalue weighted by Crippen LogP contribution is -2.23. The maximum Gasteiger partial charge on any atom is 0.122 e. The van der Waals surface area contributed by atoms with Crippen molar-refractivity contribution in [2.75, 3.05) is 13.6 Å². The minimum absolute atomic E-state index is 0.510. The van der Waals surface area contributed by atoms with E-state index in [2.05, 4.69) is 44.1 Å². The van der Waals surface area contributed by atoms with Gasteiger partial charge in [0.05, 0.1) is 12.8 Å². The first-order valence-corrected chi connectivity index (χ1v) is 6.10. The SMILES string of the molecule is CCCN(C)Cc1occc1CNC(C)C. The molecule has 0 amide bonds. The van der Waals surface area contributed by atoms with Crippen LogP contribution in [0.4, 0.5) is 0 Å². The highest BCUT2D eigenvalue weighted by Gasteiger charge is 2.08. The van der Waals surface area contributed by atoms with Gasteiger partial charge in [-0.05, 0) is 26.1 Å². The third kappa shape index (κ3) is 4.37. The number of hydrogen-bond donors (Lipinski definition) is 1. The largest absolute Gasteiger partial charge is 0.468 e. The van der Waals surface area contributed by atoms with Crippen molar-refractivity contribution in [3.05, 3.63) is 23.7 Å². The molecule has 0 saturated carbocycles. The van der Waals surface area contributed by atoms with Crippen LogP contribution in [0.3, 0.4) is 0 Å². The lowest BCUT2D eigenvalue weighted by atomic mass is 10.2. The van der Waals surface area contributed by atoms with Crippen molar-refractivity contribution >= 4 is 0 Å². The molecule has 1 N–H and O–H groups in total. The smallest absolute Gasteiger partial charge is 0.122 e. The molecule has 0 fully saturated rings. The summed E-state index contributed by atoms with van der Waals surface area (Å²) >= 11 is 0. The van der Waals surface area contributed by atoms with Gasteiger partial charge in [-0.3, -0.25) is 4.90 Å². The van der Waals surface area contributed by atoms with E-state index in [4.69, 9.17) is 4.42 Å². The molecule has 1 rings (SSSR count). The zero-order valence-corrected chi connectivity index (χ0v) is 10.9. The van der Waals surface area contributed by atoms with E-state index in [0.717, 1.165) is 25.4 Å². The molecule has 16 heavy (non-hydrogen) atoms. The third-order valence-electron chi connectivity index (χ3n) is 2.56. The summed E-state index contributed by atoms with van der Waals surface area (Å²) in [4.78, 5) is 2.29. The summed E-state index contributed by atoms with van der Waals surface area (Å²) < 4.78 is 5.53. The summed E-state index contributed by atoms with van der Waals surface area (Å²) in [6.45, 7) is 9.41. The van der Waals surface area contributed by atoms with Crippen molar-refractivity contribution in [1.29, 1.82) is 0 Å². The molecule has 0 atom stereocenters. The van der Waals surface area contributed by atoms with E-state index in [-0.39, 0.29) is 0 Å². The monoisotopic (exact) mass is 224 g/mol. The van der Waals surface area contributed by atoms with Crippen LogP contribution in [0, 0.1) is 0 Å². The first kappa shape index (κ1) is 13.3. The Labute approximate surface area is 98.8 Å². The van der Waals surface area contributed by atoms with Crippen LogP contribution in [0.5, 0.6) is 0 Å². The maximum atomic E-state index is 5.53. The quantitative estimate of drug-likeness (QED) is 0.771. The van der Waals surface area contributed by atoms with Crippen LogP contribution in [-0.2, 0) is 13.1 Å². The van der Waals surface area contributed by atoms with E-state index in [1.54, 1.807) is 6.26 Å². The number of nitrogens with zero attached hydrogens (tertiary/aromatic N) is 1. The molecular formula is C13H24N2O. The molecule has 1 aromatic heterocycles. The summed E-state index contributed by atoms with van der Waals surface area (Å²) in [6, 6.07) is 2.57. The van der Waals surface area contributed by atoms with Crippen molar-refractivity contribution in [1.82, 2.24) is 10.2 Å². The first-order chi connectivity index (χ1) is 7.63. The van der Waals surface area contributed by atoms with Gasteiger partial charge in [-0.25, -0.2) is 0 Å². The van der Waals surface area contributed by atoms with Gasteiger partial charge in [0.25, 0.3) is 0 Å². The van der Waals surface area contributed by atoms with Gasteiger partial charge in [-0.15, -0.1) is 0 Å². The van der Waals surface area contributed by atoms with Crippen LogP contribution in [0.15, 0.2) is 16.7 Å². The molecule has 0 aromatic carbocycles. The van der Waals surface area contributed by atoms with Crippen LogP contribution < -0.4 is 5.32 Å². The Morgan fingerprint density at radius 3 is 2.81 bits per heavy atom. The van der Waals surface area contributed by atoms with Gasteiger partial charge in [-0.1, -0.05) is 20.8 Å². The van der Waals surface area contributed by atoms with Gasteiger partial charge in [0, 0.05) is 18.2 Å². The van der Waals surface area contributed by atoms with Crippen LogP contribution in [-0.4, -0.2) is 24.5 Å². The molecule has 0 aliphatic heterocycles. The highest BCUT2D eigenvalue weighted by atomic mass is 16.3. The topological polar surface area (TPSA) is 28.4 Å². The van der Waals surface area contributed by atoms with Crippen molar-refractivity contribution in [2.45, 2.75) is 46.3 Å². The highest BCUT2D eigenvalue weighted by Crippen LogP contribution is 2.12. The molecule has 92 valence electrons. The van der Waals surface area contributed by atoms with Crippen LogP contribution in [0.1, 0.15) is 38.5 Å². The van der Waals surface area contributed by atoms with Gasteiger partial charge in [0.2, 0.25) is 0 Å². The Morgan fingerprint density at radius 1 is 1.44 bits per heavy atom. The number of rotatable bonds is 7. The molecule has 0 saturated heterocycles. The molecule has 1 heterocycles. The molecule has 3 heteroatoms. The summed E-state index contributed by atoms with van der Waals surface area (Å²) in [5, 5.41) is 3.42. The number of nitrogens with one attached hydrogen (secondary N) is 1. The summed E-state index contributed by atoms with van der Waals surface area (Å²) in [5.74, 6) is 1.09. The fourth-order valence-corrected chi connectivity index (χ4v) is 1.68. The van der Waals surface area contributed by atoms with Gasteiger partial charge in [-0.2, -0.15) is 0 Å². The molecule has 0 aliphatic rings. The molecule has 0 spiro atoms. The molecular weight excluding hydrogens is 200 g/mol. The van der Waals surface area contributed by atoms with E-state index in [1.807, 2.05) is 0 Å². The molecule has 0 radical (unpaired) electrons. The van der Waals surface area contributed by atoms with Crippen molar-refractivity contribution in [3.63, 3.8) is 0 Å². The molecule has 3 nitrogen and oxygen atoms in total. The number of hydrogen-bond acceptors (Lipinski definition) is 3. The lowest BCUT2D eigenvalue weighted by molar-refractivity contribution is 0.293. The average molecular weight is 224 g/mol. The first-order valence-electron chi connectivity index (χ1n) is 6.10. The van der Waals surface area contributed by atoms with E-state index < -0.39 is 0 Å². The van der Waals surface area contributed by atoms with Gasteiger partial charge >= 0.3 is 0 Å². The normalized spacial score (nSPS) is 11.6. The second kappa shape index (κ2) is 6.71. The number of furan rings is 1. The standard InChI is InChI=1S/C13H24N2O/c1-5-7-15(4)10-13-12(6-8-16-13)9-14-11(2)3/h6,8,11,14H,5,7,9-10H2,1-4H3. The van der Waals surface area contributed by atoms with Crippen molar-refractivity contribution < 1.29 is 4.42 Å². The minimum atomic E-state index is 0.510. The van der Waals surface area contributed by atoms with Crippen LogP contribution in [0.25, 0.3) is 0 Å². The van der Waals surface area contributed by atoms with Gasteiger partial charge in [0.1, 0.15) is 5.76 Å². The van der Waals surface area contributed by atoms with E-state index in [1.165, 1.54) is 12.0 Å². The molecule has 1 aromatic rings.